The molecule has 3 nitrogen and oxygen atoms in total. The van der Waals surface area contributed by atoms with Crippen LogP contribution in [0.15, 0.2) is 60.7 Å². The van der Waals surface area contributed by atoms with E-state index in [1.165, 1.54) is 35.3 Å². The summed E-state index contributed by atoms with van der Waals surface area (Å²) >= 11 is 0. The van der Waals surface area contributed by atoms with Gasteiger partial charge in [0, 0.05) is 16.8 Å². The van der Waals surface area contributed by atoms with Crippen LogP contribution in [0.5, 0.6) is 0 Å². The molecule has 23 heavy (non-hydrogen) atoms. The highest BCUT2D eigenvalue weighted by Gasteiger charge is 2.41. The number of nitrogens with zero attached hydrogens (tertiary/aromatic N) is 2. The maximum absolute atomic E-state index is 5.01. The summed E-state index contributed by atoms with van der Waals surface area (Å²) < 4.78 is 2.25. The van der Waals surface area contributed by atoms with E-state index >= 15 is 0 Å². The molecule has 2 aromatic carbocycles. The number of hydrogen-bond acceptors (Lipinski definition) is 2. The number of para-hydroxylation sites is 1. The van der Waals surface area contributed by atoms with Crippen molar-refractivity contribution in [1.82, 2.24) is 9.78 Å². The molecule has 2 heterocycles. The first-order valence-electron chi connectivity index (χ1n) is 8.39. The third-order valence-corrected chi connectivity index (χ3v) is 5.19. The van der Waals surface area contributed by atoms with Crippen molar-refractivity contribution >= 4 is 5.69 Å². The molecule has 5 rings (SSSR count). The van der Waals surface area contributed by atoms with Gasteiger partial charge in [-0.15, -0.1) is 0 Å². The summed E-state index contributed by atoms with van der Waals surface area (Å²) in [5.41, 5.74) is 5.92. The van der Waals surface area contributed by atoms with Crippen molar-refractivity contribution in [3.63, 3.8) is 0 Å². The lowest BCUT2D eigenvalue weighted by Crippen LogP contribution is -2.42. The van der Waals surface area contributed by atoms with Crippen molar-refractivity contribution in [1.29, 1.82) is 0 Å². The van der Waals surface area contributed by atoms with Gasteiger partial charge in [-0.05, 0) is 37.8 Å². The van der Waals surface area contributed by atoms with Gasteiger partial charge < -0.3 is 5.32 Å². The molecule has 0 atom stereocenters. The van der Waals surface area contributed by atoms with Crippen LogP contribution in [0.1, 0.15) is 25.7 Å². The summed E-state index contributed by atoms with van der Waals surface area (Å²) in [5.74, 6) is 0. The van der Waals surface area contributed by atoms with Gasteiger partial charge in [0.1, 0.15) is 5.66 Å². The van der Waals surface area contributed by atoms with Gasteiger partial charge in [-0.3, -0.25) is 0 Å². The highest BCUT2D eigenvalue weighted by Crippen LogP contribution is 2.46. The van der Waals surface area contributed by atoms with Gasteiger partial charge in [-0.1, -0.05) is 48.5 Å². The predicted octanol–water partition coefficient (Wildman–Crippen LogP) is 4.87. The lowest BCUT2D eigenvalue weighted by atomic mass is 9.99. The smallest absolute Gasteiger partial charge is 0.132 e. The molecule has 0 unspecified atom stereocenters. The summed E-state index contributed by atoms with van der Waals surface area (Å²) in [4.78, 5) is 0. The second kappa shape index (κ2) is 4.72. The fourth-order valence-corrected chi connectivity index (χ4v) is 4.07. The van der Waals surface area contributed by atoms with Gasteiger partial charge in [0.2, 0.25) is 0 Å². The number of fused-ring (bicyclic) bond motifs is 4. The molecule has 1 aliphatic carbocycles. The standard InChI is InChI=1S/C20H19N3/c1-2-8-15(9-3-1)18-14-19-16-10-4-5-11-17(16)21-20(23(19)22-18)12-6-7-13-20/h1-5,8-11,14,21H,6-7,12-13H2. The molecule has 0 saturated heterocycles. The lowest BCUT2D eigenvalue weighted by molar-refractivity contribution is 0.309. The van der Waals surface area contributed by atoms with Crippen LogP contribution in [0.3, 0.4) is 0 Å². The zero-order valence-electron chi connectivity index (χ0n) is 13.0. The fraction of sp³-hybridized carbons (Fsp3) is 0.250. The van der Waals surface area contributed by atoms with E-state index < -0.39 is 0 Å². The van der Waals surface area contributed by atoms with E-state index in [1.807, 2.05) is 0 Å². The minimum absolute atomic E-state index is 0.0449. The topological polar surface area (TPSA) is 29.9 Å². The molecule has 3 heteroatoms. The zero-order chi connectivity index (χ0) is 15.3. The van der Waals surface area contributed by atoms with E-state index in [9.17, 15) is 0 Å². The minimum Gasteiger partial charge on any atom is -0.361 e. The highest BCUT2D eigenvalue weighted by molar-refractivity contribution is 5.81. The SMILES string of the molecule is c1ccc(-c2cc3n(n2)C2(CCCC2)Nc2ccccc2-3)cc1. The Hall–Kier alpha value is -2.55. The fourth-order valence-electron chi connectivity index (χ4n) is 4.07. The van der Waals surface area contributed by atoms with E-state index in [2.05, 4.69) is 70.7 Å². The maximum Gasteiger partial charge on any atom is 0.132 e. The Morgan fingerprint density at radius 1 is 0.913 bits per heavy atom. The van der Waals surface area contributed by atoms with Crippen LogP contribution in [-0.4, -0.2) is 9.78 Å². The lowest BCUT2D eigenvalue weighted by Gasteiger charge is -2.38. The second-order valence-electron chi connectivity index (χ2n) is 6.60. The summed E-state index contributed by atoms with van der Waals surface area (Å²) in [6.45, 7) is 0. The van der Waals surface area contributed by atoms with Gasteiger partial charge in [-0.25, -0.2) is 4.68 Å². The molecule has 1 aromatic heterocycles. The van der Waals surface area contributed by atoms with E-state index in [1.54, 1.807) is 0 Å². The van der Waals surface area contributed by atoms with Crippen molar-refractivity contribution in [2.75, 3.05) is 5.32 Å². The Balaban J connectivity index is 1.74. The van der Waals surface area contributed by atoms with Crippen molar-refractivity contribution in [3.05, 3.63) is 60.7 Å². The third kappa shape index (κ3) is 1.86. The van der Waals surface area contributed by atoms with Gasteiger partial charge >= 0.3 is 0 Å². The number of aromatic nitrogens is 2. The van der Waals surface area contributed by atoms with Crippen LogP contribution in [0.4, 0.5) is 5.69 Å². The molecule has 114 valence electrons. The molecule has 0 amide bonds. The van der Waals surface area contributed by atoms with E-state index in [0.29, 0.717) is 0 Å². The molecule has 1 N–H and O–H groups in total. The van der Waals surface area contributed by atoms with Gasteiger partial charge in [-0.2, -0.15) is 5.10 Å². The quantitative estimate of drug-likeness (QED) is 0.695. The van der Waals surface area contributed by atoms with Crippen molar-refractivity contribution < 1.29 is 0 Å². The Morgan fingerprint density at radius 2 is 1.65 bits per heavy atom. The molecule has 0 bridgehead atoms. The summed E-state index contributed by atoms with van der Waals surface area (Å²) in [5, 5.41) is 8.80. The second-order valence-corrected chi connectivity index (χ2v) is 6.60. The van der Waals surface area contributed by atoms with Crippen LogP contribution in [0.2, 0.25) is 0 Å². The molecule has 0 radical (unpaired) electrons. The van der Waals surface area contributed by atoms with Crippen molar-refractivity contribution in [2.45, 2.75) is 31.3 Å². The monoisotopic (exact) mass is 301 g/mol. The number of nitrogens with one attached hydrogen (secondary N) is 1. The molecule has 1 aliphatic heterocycles. The average Bonchev–Trinajstić information content (AvgIpc) is 3.24. The number of anilines is 1. The predicted molar refractivity (Wildman–Crippen MR) is 93.2 cm³/mol. The van der Waals surface area contributed by atoms with Crippen LogP contribution in [0, 0.1) is 0 Å². The molecule has 1 fully saturated rings. The minimum atomic E-state index is -0.0449. The van der Waals surface area contributed by atoms with E-state index in [0.717, 1.165) is 18.5 Å². The third-order valence-electron chi connectivity index (χ3n) is 5.19. The number of benzene rings is 2. The molecule has 1 spiro atoms. The molecular formula is C20H19N3. The van der Waals surface area contributed by atoms with Crippen LogP contribution < -0.4 is 5.32 Å². The normalized spacial score (nSPS) is 17.6. The Morgan fingerprint density at radius 3 is 2.48 bits per heavy atom. The van der Waals surface area contributed by atoms with Crippen LogP contribution >= 0.6 is 0 Å². The Kier molecular flexibility index (Phi) is 2.66. The van der Waals surface area contributed by atoms with Crippen molar-refractivity contribution in [2.24, 2.45) is 0 Å². The largest absolute Gasteiger partial charge is 0.361 e. The summed E-state index contributed by atoms with van der Waals surface area (Å²) in [7, 11) is 0. The van der Waals surface area contributed by atoms with E-state index in [-0.39, 0.29) is 5.66 Å². The van der Waals surface area contributed by atoms with Gasteiger partial charge in [0.15, 0.2) is 0 Å². The first kappa shape index (κ1) is 12.9. The molecule has 1 saturated carbocycles. The number of rotatable bonds is 1. The summed E-state index contributed by atoms with van der Waals surface area (Å²) in [6, 6.07) is 21.3. The summed E-state index contributed by atoms with van der Waals surface area (Å²) in [6.07, 6.45) is 4.80. The average molecular weight is 301 g/mol. The van der Waals surface area contributed by atoms with Crippen LogP contribution in [0.25, 0.3) is 22.5 Å². The van der Waals surface area contributed by atoms with Gasteiger partial charge in [0.25, 0.3) is 0 Å². The zero-order valence-corrected chi connectivity index (χ0v) is 13.0. The first-order chi connectivity index (χ1) is 11.4. The van der Waals surface area contributed by atoms with Crippen molar-refractivity contribution in [3.8, 4) is 22.5 Å². The van der Waals surface area contributed by atoms with Crippen LogP contribution in [-0.2, 0) is 5.66 Å². The van der Waals surface area contributed by atoms with Gasteiger partial charge in [0.05, 0.1) is 11.4 Å². The molecule has 2 aliphatic rings. The Labute approximate surface area is 136 Å². The van der Waals surface area contributed by atoms with E-state index in [4.69, 9.17) is 5.10 Å². The first-order valence-corrected chi connectivity index (χ1v) is 8.39. The molecular weight excluding hydrogens is 282 g/mol. The maximum atomic E-state index is 5.01. The number of hydrogen-bond donors (Lipinski definition) is 1. The highest BCUT2D eigenvalue weighted by atomic mass is 15.4. The Bertz CT molecular complexity index is 858. The molecule has 3 aromatic rings.